The predicted octanol–water partition coefficient (Wildman–Crippen LogP) is 3.22. The zero-order valence-corrected chi connectivity index (χ0v) is 14.5. The minimum Gasteiger partial charge on any atom is -0.258 e. The van der Waals surface area contributed by atoms with Gasteiger partial charge in [0.1, 0.15) is 0 Å². The van der Waals surface area contributed by atoms with E-state index < -0.39 is 14.9 Å². The van der Waals surface area contributed by atoms with Gasteiger partial charge in [-0.05, 0) is 19.1 Å². The molecule has 2 aromatic carbocycles. The molecule has 0 fully saturated rings. The summed E-state index contributed by atoms with van der Waals surface area (Å²) in [4.78, 5) is 14.5. The first-order valence-electron chi connectivity index (χ1n) is 7.03. The van der Waals surface area contributed by atoms with Crippen molar-refractivity contribution in [3.8, 4) is 11.4 Å². The van der Waals surface area contributed by atoms with Crippen LogP contribution in [-0.2, 0) is 10.0 Å². The first-order valence-corrected chi connectivity index (χ1v) is 9.29. The van der Waals surface area contributed by atoms with Gasteiger partial charge in [-0.3, -0.25) is 14.8 Å². The molecule has 0 bridgehead atoms. The van der Waals surface area contributed by atoms with Crippen molar-refractivity contribution in [2.24, 2.45) is 0 Å². The highest BCUT2D eigenvalue weighted by Gasteiger charge is 2.17. The molecule has 0 aliphatic rings. The van der Waals surface area contributed by atoms with Crippen molar-refractivity contribution in [3.63, 3.8) is 0 Å². The fraction of sp³-hybridized carbons (Fsp3) is 0.0667. The summed E-state index contributed by atoms with van der Waals surface area (Å²) in [6.07, 6.45) is 0. The third-order valence-electron chi connectivity index (χ3n) is 3.29. The maximum Gasteiger partial charge on any atom is 0.270 e. The lowest BCUT2D eigenvalue weighted by Crippen LogP contribution is -2.12. The largest absolute Gasteiger partial charge is 0.270 e. The van der Waals surface area contributed by atoms with E-state index in [1.807, 2.05) is 6.92 Å². The fourth-order valence-electron chi connectivity index (χ4n) is 2.03. The van der Waals surface area contributed by atoms with Crippen LogP contribution in [0.2, 0.25) is 0 Å². The number of nitrogens with one attached hydrogen (secondary N) is 1. The molecule has 10 heteroatoms. The van der Waals surface area contributed by atoms with Gasteiger partial charge in [-0.1, -0.05) is 29.8 Å². The minimum absolute atomic E-state index is 0.0853. The van der Waals surface area contributed by atoms with Crippen molar-refractivity contribution in [2.45, 2.75) is 11.8 Å². The molecule has 0 spiro atoms. The summed E-state index contributed by atoms with van der Waals surface area (Å²) in [5.41, 5.74) is 1.29. The molecule has 1 heterocycles. The molecule has 0 unspecified atom stereocenters. The van der Waals surface area contributed by atoms with E-state index in [1.54, 1.807) is 18.2 Å². The van der Waals surface area contributed by atoms with Gasteiger partial charge in [-0.15, -0.1) is 0 Å². The lowest BCUT2D eigenvalue weighted by molar-refractivity contribution is -0.384. The molecule has 3 rings (SSSR count). The molecule has 128 valence electrons. The van der Waals surface area contributed by atoms with Crippen LogP contribution in [0, 0.1) is 17.0 Å². The van der Waals surface area contributed by atoms with Crippen LogP contribution in [0.5, 0.6) is 0 Å². The van der Waals surface area contributed by atoms with Crippen LogP contribution in [0.3, 0.4) is 0 Å². The van der Waals surface area contributed by atoms with Crippen LogP contribution in [0.4, 0.5) is 10.8 Å². The van der Waals surface area contributed by atoms with Crippen LogP contribution >= 0.6 is 11.5 Å². The number of nitrogens with zero attached hydrogens (tertiary/aromatic N) is 3. The van der Waals surface area contributed by atoms with Gasteiger partial charge in [-0.2, -0.15) is 9.36 Å². The summed E-state index contributed by atoms with van der Waals surface area (Å²) in [6.45, 7) is 1.86. The van der Waals surface area contributed by atoms with Crippen molar-refractivity contribution in [2.75, 3.05) is 4.72 Å². The van der Waals surface area contributed by atoms with Crippen molar-refractivity contribution in [1.82, 2.24) is 9.36 Å². The van der Waals surface area contributed by atoms with Gasteiger partial charge in [-0.25, -0.2) is 8.42 Å². The number of non-ortho nitro benzene ring substituents is 1. The molecule has 0 atom stereocenters. The van der Waals surface area contributed by atoms with Gasteiger partial charge in [0.05, 0.1) is 9.82 Å². The van der Waals surface area contributed by atoms with Crippen molar-refractivity contribution in [1.29, 1.82) is 0 Å². The van der Waals surface area contributed by atoms with E-state index in [2.05, 4.69) is 14.1 Å². The van der Waals surface area contributed by atoms with E-state index in [0.717, 1.165) is 17.1 Å². The highest BCUT2D eigenvalue weighted by atomic mass is 32.2. The minimum atomic E-state index is -3.77. The van der Waals surface area contributed by atoms with Crippen molar-refractivity contribution in [3.05, 3.63) is 64.2 Å². The lowest BCUT2D eigenvalue weighted by Gasteiger charge is -2.04. The highest BCUT2D eigenvalue weighted by Crippen LogP contribution is 2.25. The average molecular weight is 376 g/mol. The molecule has 0 saturated carbocycles. The summed E-state index contributed by atoms with van der Waals surface area (Å²) in [7, 11) is -3.77. The zero-order chi connectivity index (χ0) is 18.0. The molecule has 3 aromatic rings. The Hall–Kier alpha value is -2.85. The van der Waals surface area contributed by atoms with Crippen LogP contribution in [-0.4, -0.2) is 22.7 Å². The van der Waals surface area contributed by atoms with E-state index in [4.69, 9.17) is 0 Å². The molecule has 1 N–H and O–H groups in total. The molecule has 0 radical (unpaired) electrons. The van der Waals surface area contributed by atoms with Gasteiger partial charge < -0.3 is 0 Å². The smallest absolute Gasteiger partial charge is 0.258 e. The molecule has 25 heavy (non-hydrogen) atoms. The topological polar surface area (TPSA) is 115 Å². The monoisotopic (exact) mass is 376 g/mol. The third-order valence-corrected chi connectivity index (χ3v) is 5.41. The van der Waals surface area contributed by atoms with Gasteiger partial charge in [0.15, 0.2) is 5.82 Å². The number of benzene rings is 2. The Morgan fingerprint density at radius 2 is 1.88 bits per heavy atom. The van der Waals surface area contributed by atoms with E-state index >= 15 is 0 Å². The van der Waals surface area contributed by atoms with Crippen LogP contribution in [0.1, 0.15) is 5.56 Å². The molecule has 0 saturated heterocycles. The first kappa shape index (κ1) is 17.0. The summed E-state index contributed by atoms with van der Waals surface area (Å²) in [6, 6.07) is 12.2. The zero-order valence-electron chi connectivity index (χ0n) is 12.9. The molecule has 0 aliphatic heterocycles. The number of aryl methyl sites for hydroxylation is 1. The Balaban J connectivity index is 1.85. The number of aromatic nitrogens is 2. The van der Waals surface area contributed by atoms with E-state index in [-0.39, 0.29) is 21.5 Å². The summed E-state index contributed by atoms with van der Waals surface area (Å²) < 4.78 is 31.1. The van der Waals surface area contributed by atoms with Gasteiger partial charge in [0, 0.05) is 29.2 Å². The number of anilines is 1. The SMILES string of the molecule is Cc1ccc(S(=O)(=O)Nc2nc(-c3cccc([N+](=O)[O-])c3)ns2)cc1. The normalized spacial score (nSPS) is 11.2. The first-order chi connectivity index (χ1) is 11.8. The second-order valence-corrected chi connectivity index (χ2v) is 7.58. The van der Waals surface area contributed by atoms with E-state index in [9.17, 15) is 18.5 Å². The molecule has 0 amide bonds. The maximum absolute atomic E-state index is 12.3. The lowest BCUT2D eigenvalue weighted by atomic mass is 10.2. The third kappa shape index (κ3) is 3.80. The molecular formula is C15H12N4O4S2. The Labute approximate surface area is 147 Å². The number of nitro groups is 1. The number of nitro benzene ring substituents is 1. The van der Waals surface area contributed by atoms with Crippen molar-refractivity contribution < 1.29 is 13.3 Å². The maximum atomic E-state index is 12.3. The second kappa shape index (κ2) is 6.57. The van der Waals surface area contributed by atoms with Gasteiger partial charge in [0.2, 0.25) is 5.13 Å². The quantitative estimate of drug-likeness (QED) is 0.540. The Bertz CT molecular complexity index is 1030. The van der Waals surface area contributed by atoms with E-state index in [1.165, 1.54) is 30.3 Å². The number of sulfonamides is 1. The summed E-state index contributed by atoms with van der Waals surface area (Å²) >= 11 is 0.862. The molecular weight excluding hydrogens is 364 g/mol. The van der Waals surface area contributed by atoms with Crippen LogP contribution in [0.25, 0.3) is 11.4 Å². The fourth-order valence-corrected chi connectivity index (χ4v) is 3.84. The summed E-state index contributed by atoms with van der Waals surface area (Å²) in [5.74, 6) is 0.218. The van der Waals surface area contributed by atoms with Gasteiger partial charge in [0.25, 0.3) is 15.7 Å². The Morgan fingerprint density at radius 3 is 2.56 bits per heavy atom. The van der Waals surface area contributed by atoms with Crippen LogP contribution in [0.15, 0.2) is 53.4 Å². The Morgan fingerprint density at radius 1 is 1.16 bits per heavy atom. The average Bonchev–Trinajstić information content (AvgIpc) is 3.03. The highest BCUT2D eigenvalue weighted by molar-refractivity contribution is 7.93. The summed E-state index contributed by atoms with van der Waals surface area (Å²) in [5, 5.41) is 10.9. The van der Waals surface area contributed by atoms with Crippen LogP contribution < -0.4 is 4.72 Å². The molecule has 1 aromatic heterocycles. The van der Waals surface area contributed by atoms with Gasteiger partial charge >= 0.3 is 0 Å². The standard InChI is InChI=1S/C15H12N4O4S2/c1-10-5-7-13(8-6-10)25(22,23)18-15-16-14(17-24-15)11-3-2-4-12(9-11)19(20)21/h2-9H,1H3,(H,16,17,18). The van der Waals surface area contributed by atoms with E-state index in [0.29, 0.717) is 5.56 Å². The van der Waals surface area contributed by atoms with Crippen molar-refractivity contribution >= 4 is 32.4 Å². The number of hydrogen-bond acceptors (Lipinski definition) is 7. The Kier molecular flexibility index (Phi) is 4.47. The molecule has 0 aliphatic carbocycles. The number of rotatable bonds is 5. The number of hydrogen-bond donors (Lipinski definition) is 1. The second-order valence-electron chi connectivity index (χ2n) is 5.15. The predicted molar refractivity (Wildman–Crippen MR) is 94.0 cm³/mol. The molecule has 8 nitrogen and oxygen atoms in total.